The SMILES string of the molecule is CCCC(CCC)OC1C(C(C)OP(=O)(O)O)OC(n2ccc(=O)[nH]c2=O)C1OC. The van der Waals surface area contributed by atoms with Gasteiger partial charge in [0.2, 0.25) is 0 Å². The third-order valence-corrected chi connectivity index (χ3v) is 5.57. The summed E-state index contributed by atoms with van der Waals surface area (Å²) in [7, 11) is -3.36. The van der Waals surface area contributed by atoms with Gasteiger partial charge in [-0.3, -0.25) is 18.9 Å². The first-order valence-electron chi connectivity index (χ1n) is 10.00. The van der Waals surface area contributed by atoms with Gasteiger partial charge in [0.1, 0.15) is 18.3 Å². The second-order valence-corrected chi connectivity index (χ2v) is 8.50. The summed E-state index contributed by atoms with van der Waals surface area (Å²) >= 11 is 0. The van der Waals surface area contributed by atoms with Gasteiger partial charge >= 0.3 is 13.5 Å². The number of rotatable bonds is 11. The molecule has 1 saturated heterocycles. The Morgan fingerprint density at radius 2 is 1.87 bits per heavy atom. The second kappa shape index (κ2) is 10.8. The van der Waals surface area contributed by atoms with Crippen LogP contribution >= 0.6 is 7.82 Å². The van der Waals surface area contributed by atoms with Crippen LogP contribution in [0.3, 0.4) is 0 Å². The van der Waals surface area contributed by atoms with E-state index in [9.17, 15) is 23.9 Å². The van der Waals surface area contributed by atoms with Crippen molar-refractivity contribution < 1.29 is 33.1 Å². The van der Waals surface area contributed by atoms with Crippen LogP contribution in [0.4, 0.5) is 0 Å². The summed E-state index contributed by atoms with van der Waals surface area (Å²) in [5.74, 6) is 0. The van der Waals surface area contributed by atoms with E-state index in [2.05, 4.69) is 4.98 Å². The van der Waals surface area contributed by atoms with E-state index in [1.807, 2.05) is 13.8 Å². The Balaban J connectivity index is 2.41. The molecule has 12 heteroatoms. The van der Waals surface area contributed by atoms with Crippen LogP contribution in [0.2, 0.25) is 0 Å². The number of hydrogen-bond donors (Lipinski definition) is 3. The van der Waals surface area contributed by atoms with Crippen molar-refractivity contribution in [3.8, 4) is 0 Å². The van der Waals surface area contributed by atoms with Gasteiger partial charge in [-0.1, -0.05) is 26.7 Å². The van der Waals surface area contributed by atoms with Crippen LogP contribution in [-0.4, -0.2) is 57.0 Å². The van der Waals surface area contributed by atoms with Gasteiger partial charge in [0, 0.05) is 19.4 Å². The van der Waals surface area contributed by atoms with Crippen molar-refractivity contribution >= 4 is 7.82 Å². The van der Waals surface area contributed by atoms with E-state index in [4.69, 9.17) is 18.7 Å². The Morgan fingerprint density at radius 3 is 2.37 bits per heavy atom. The molecule has 0 spiro atoms. The Hall–Kier alpha value is -1.33. The Morgan fingerprint density at radius 1 is 1.23 bits per heavy atom. The summed E-state index contributed by atoms with van der Waals surface area (Å²) in [6.07, 6.45) is -0.0145. The summed E-state index contributed by atoms with van der Waals surface area (Å²) in [5.41, 5.74) is -1.26. The third-order valence-electron chi connectivity index (χ3n) is 4.96. The lowest BCUT2D eigenvalue weighted by atomic mass is 10.0. The first-order chi connectivity index (χ1) is 14.1. The van der Waals surface area contributed by atoms with Crippen molar-refractivity contribution in [1.29, 1.82) is 0 Å². The zero-order chi connectivity index (χ0) is 22.5. The number of methoxy groups -OCH3 is 1. The predicted molar refractivity (Wildman–Crippen MR) is 107 cm³/mol. The largest absolute Gasteiger partial charge is 0.469 e. The normalized spacial score (nSPS) is 25.7. The zero-order valence-corrected chi connectivity index (χ0v) is 18.5. The van der Waals surface area contributed by atoms with Gasteiger partial charge in [0.25, 0.3) is 5.56 Å². The molecule has 0 saturated carbocycles. The molecule has 0 aliphatic carbocycles. The summed E-state index contributed by atoms with van der Waals surface area (Å²) in [5, 5.41) is 0. The number of ether oxygens (including phenoxy) is 3. The van der Waals surface area contributed by atoms with Gasteiger partial charge in [-0.15, -0.1) is 0 Å². The summed E-state index contributed by atoms with van der Waals surface area (Å²) in [6.45, 7) is 5.52. The summed E-state index contributed by atoms with van der Waals surface area (Å²) < 4.78 is 35.2. The monoisotopic (exact) mass is 450 g/mol. The van der Waals surface area contributed by atoms with E-state index in [1.54, 1.807) is 0 Å². The molecule has 1 aromatic rings. The van der Waals surface area contributed by atoms with E-state index < -0.39 is 49.7 Å². The number of aromatic amines is 1. The van der Waals surface area contributed by atoms with Gasteiger partial charge in [-0.2, -0.15) is 0 Å². The van der Waals surface area contributed by atoms with Crippen LogP contribution in [0, 0.1) is 0 Å². The fourth-order valence-electron chi connectivity index (χ4n) is 3.72. The number of phosphoric acid groups is 1. The fourth-order valence-corrected chi connectivity index (χ4v) is 4.28. The molecule has 0 aromatic carbocycles. The first kappa shape index (κ1) is 24.9. The molecule has 2 rings (SSSR count). The van der Waals surface area contributed by atoms with E-state index in [-0.39, 0.29) is 6.10 Å². The van der Waals surface area contributed by atoms with Crippen molar-refractivity contribution in [2.75, 3.05) is 7.11 Å². The highest BCUT2D eigenvalue weighted by atomic mass is 31.2. The van der Waals surface area contributed by atoms with Gasteiger partial charge in [-0.05, 0) is 19.8 Å². The molecule has 1 aromatic heterocycles. The molecule has 5 atom stereocenters. The smallest absolute Gasteiger partial charge is 0.374 e. The minimum absolute atomic E-state index is 0.123. The van der Waals surface area contributed by atoms with E-state index in [0.29, 0.717) is 0 Å². The standard InChI is InChI=1S/C18H31N2O9P/c1-5-7-12(8-6-2)27-15-14(11(3)29-30(23,24)25)28-17(16(15)26-4)20-10-9-13(21)19-18(20)22/h9-12,14-17H,5-8H2,1-4H3,(H,19,21,22)(H2,23,24,25). The van der Waals surface area contributed by atoms with Crippen molar-refractivity contribution in [1.82, 2.24) is 9.55 Å². The first-order valence-corrected chi connectivity index (χ1v) is 11.5. The van der Waals surface area contributed by atoms with E-state index in [1.165, 1.54) is 26.3 Å². The van der Waals surface area contributed by atoms with Gasteiger partial charge in [0.15, 0.2) is 6.23 Å². The lowest BCUT2D eigenvalue weighted by Gasteiger charge is -2.30. The predicted octanol–water partition coefficient (Wildman–Crippen LogP) is 1.30. The van der Waals surface area contributed by atoms with Crippen LogP contribution < -0.4 is 11.2 Å². The highest BCUT2D eigenvalue weighted by molar-refractivity contribution is 7.46. The summed E-state index contributed by atoms with van der Waals surface area (Å²) in [4.78, 5) is 44.3. The molecule has 172 valence electrons. The minimum Gasteiger partial charge on any atom is -0.374 e. The van der Waals surface area contributed by atoms with Crippen LogP contribution in [0.5, 0.6) is 0 Å². The molecular weight excluding hydrogens is 419 g/mol. The average molecular weight is 450 g/mol. The number of H-pyrrole nitrogens is 1. The molecular formula is C18H31N2O9P. The maximum Gasteiger partial charge on any atom is 0.469 e. The van der Waals surface area contributed by atoms with Crippen molar-refractivity contribution in [2.24, 2.45) is 0 Å². The second-order valence-electron chi connectivity index (χ2n) is 7.31. The van der Waals surface area contributed by atoms with Gasteiger partial charge < -0.3 is 24.0 Å². The minimum atomic E-state index is -4.79. The molecule has 0 radical (unpaired) electrons. The fraction of sp³-hybridized carbons (Fsp3) is 0.778. The van der Waals surface area contributed by atoms with Crippen molar-refractivity contribution in [2.45, 2.75) is 83.2 Å². The molecule has 30 heavy (non-hydrogen) atoms. The average Bonchev–Trinajstić information content (AvgIpc) is 2.99. The summed E-state index contributed by atoms with van der Waals surface area (Å²) in [6, 6.07) is 1.17. The Labute approximate surface area is 174 Å². The Kier molecular flexibility index (Phi) is 8.98. The zero-order valence-electron chi connectivity index (χ0n) is 17.6. The molecule has 1 aliphatic heterocycles. The highest BCUT2D eigenvalue weighted by Gasteiger charge is 2.51. The quantitative estimate of drug-likeness (QED) is 0.424. The van der Waals surface area contributed by atoms with Crippen LogP contribution in [-0.2, 0) is 23.3 Å². The molecule has 11 nitrogen and oxygen atoms in total. The third kappa shape index (κ3) is 6.34. The number of aromatic nitrogens is 2. The highest BCUT2D eigenvalue weighted by Crippen LogP contribution is 2.43. The topological polar surface area (TPSA) is 149 Å². The molecule has 2 heterocycles. The van der Waals surface area contributed by atoms with E-state index in [0.717, 1.165) is 30.3 Å². The van der Waals surface area contributed by atoms with Crippen molar-refractivity contribution in [3.63, 3.8) is 0 Å². The van der Waals surface area contributed by atoms with Gasteiger partial charge in [0.05, 0.1) is 12.2 Å². The number of hydrogen-bond acceptors (Lipinski definition) is 7. The number of nitrogens with one attached hydrogen (secondary N) is 1. The number of phosphoric ester groups is 1. The molecule has 0 amide bonds. The number of nitrogens with zero attached hydrogens (tertiary/aromatic N) is 1. The van der Waals surface area contributed by atoms with Crippen molar-refractivity contribution in [3.05, 3.63) is 33.1 Å². The van der Waals surface area contributed by atoms with Gasteiger partial charge in [-0.25, -0.2) is 9.36 Å². The molecule has 3 N–H and O–H groups in total. The maximum atomic E-state index is 12.3. The molecule has 5 unspecified atom stereocenters. The van der Waals surface area contributed by atoms with Crippen LogP contribution in [0.25, 0.3) is 0 Å². The lowest BCUT2D eigenvalue weighted by Crippen LogP contribution is -2.44. The maximum absolute atomic E-state index is 12.3. The Bertz CT molecular complexity index is 829. The lowest BCUT2D eigenvalue weighted by molar-refractivity contribution is -0.113. The molecule has 0 bridgehead atoms. The molecule has 1 fully saturated rings. The van der Waals surface area contributed by atoms with Crippen LogP contribution in [0.15, 0.2) is 21.9 Å². The van der Waals surface area contributed by atoms with Crippen LogP contribution in [0.1, 0.15) is 52.7 Å². The molecule has 1 aliphatic rings. The van der Waals surface area contributed by atoms with E-state index >= 15 is 0 Å².